The van der Waals surface area contributed by atoms with Crippen molar-refractivity contribution in [1.29, 1.82) is 0 Å². The van der Waals surface area contributed by atoms with Crippen LogP contribution in [0.2, 0.25) is 0 Å². The van der Waals surface area contributed by atoms with Gasteiger partial charge in [-0.25, -0.2) is 0 Å². The van der Waals surface area contributed by atoms with E-state index in [1.165, 1.54) is 12.8 Å². The molecule has 1 saturated heterocycles. The third kappa shape index (κ3) is 12.2. The Morgan fingerprint density at radius 3 is 1.65 bits per heavy atom. The molecule has 2 aliphatic carbocycles. The second kappa shape index (κ2) is 20.3. The van der Waals surface area contributed by atoms with Gasteiger partial charge < -0.3 is 54.2 Å². The van der Waals surface area contributed by atoms with E-state index >= 15 is 0 Å². The number of aliphatic hydroxyl groups excluding tert-OH is 3. The first kappa shape index (κ1) is 35.3. The van der Waals surface area contributed by atoms with Gasteiger partial charge in [0.25, 0.3) is 11.9 Å². The van der Waals surface area contributed by atoms with Crippen LogP contribution in [0.1, 0.15) is 12.8 Å². The molecule has 186 valence electrons. The van der Waals surface area contributed by atoms with Crippen molar-refractivity contribution in [3.63, 3.8) is 0 Å². The molecule has 0 aromatic heterocycles. The van der Waals surface area contributed by atoms with Crippen molar-refractivity contribution in [2.45, 2.75) is 12.8 Å². The van der Waals surface area contributed by atoms with Crippen molar-refractivity contribution in [2.24, 2.45) is 23.7 Å². The number of allylic oxidation sites excluding steroid dienone is 4. The summed E-state index contributed by atoms with van der Waals surface area (Å²) in [6.07, 6.45) is 13.9. The van der Waals surface area contributed by atoms with Crippen molar-refractivity contribution < 1.29 is 114 Å². The van der Waals surface area contributed by atoms with E-state index in [2.05, 4.69) is 4.74 Å². The van der Waals surface area contributed by atoms with Gasteiger partial charge in [0.15, 0.2) is 0 Å². The van der Waals surface area contributed by atoms with E-state index in [-0.39, 0.29) is 104 Å². The average molecular weight is 630 g/mol. The van der Waals surface area contributed by atoms with Crippen molar-refractivity contribution >= 4 is 23.9 Å². The quantitative estimate of drug-likeness (QED) is 0.129. The minimum absolute atomic E-state index is 0. The second-order valence-electron chi connectivity index (χ2n) is 6.77. The third-order valence-corrected chi connectivity index (χ3v) is 4.44. The van der Waals surface area contributed by atoms with Crippen LogP contribution in [-0.2, 0) is 94.1 Å². The van der Waals surface area contributed by atoms with Gasteiger partial charge in [0.1, 0.15) is 0 Å². The van der Waals surface area contributed by atoms with Crippen molar-refractivity contribution in [3.05, 3.63) is 50.0 Å². The maximum absolute atomic E-state index is 11.5. The minimum atomic E-state index is -1.05. The number of carboxylic acids is 1. The number of rotatable bonds is 7. The largest absolute Gasteiger partial charge is 0.482 e. The number of hydrogen-bond donors (Lipinski definition) is 4. The minimum Gasteiger partial charge on any atom is -0.482 e. The Morgan fingerprint density at radius 1 is 0.794 bits per heavy atom. The summed E-state index contributed by atoms with van der Waals surface area (Å²) in [5, 5.41) is 33.2. The smallest absolute Gasteiger partial charge is 0.301 e. The zero-order chi connectivity index (χ0) is 23.9. The summed E-state index contributed by atoms with van der Waals surface area (Å²) in [6.45, 7) is 0.235. The summed E-state index contributed by atoms with van der Waals surface area (Å²) in [5.74, 6) is -4.86. The standard InChI is InChI=1S/C11H14O5.C8H6O3.C3H8O2.2Y/c12-6-3-7-16-11(15)9-5-2-1-4-8(9)10(13)14;9-7-5-3-1-2-4-6(5)8(10)11-7;4-2-1-3-5;;/h1-2,4-5,8-9,12H,3,6-7H2,(H,13,14);1-6H;4-5H,1-3H2;;/q2*-2;;;. The number of cyclic esters (lactones) is 2. The first-order valence-electron chi connectivity index (χ1n) is 10.0. The van der Waals surface area contributed by atoms with Gasteiger partial charge in [-0.3, -0.25) is 44.9 Å². The molecule has 0 bridgehead atoms. The van der Waals surface area contributed by atoms with Crippen LogP contribution < -0.4 is 0 Å². The molecule has 1 heterocycles. The number of carbonyl (C=O) groups is 4. The van der Waals surface area contributed by atoms with Crippen LogP contribution in [0.5, 0.6) is 0 Å². The summed E-state index contributed by atoms with van der Waals surface area (Å²) >= 11 is 0. The first-order chi connectivity index (χ1) is 15.4. The number of fused-ring (bicyclic) bond motifs is 1. The molecule has 2 radical (unpaired) electrons. The molecule has 4 N–H and O–H groups in total. The Balaban J connectivity index is 0. The molecule has 34 heavy (non-hydrogen) atoms. The number of hydrogen-bond acceptors (Lipinski definition) is 9. The molecule has 1 aliphatic heterocycles. The van der Waals surface area contributed by atoms with E-state index in [1.54, 1.807) is 37.1 Å². The van der Waals surface area contributed by atoms with Gasteiger partial charge in [-0.2, -0.15) is 0 Å². The van der Waals surface area contributed by atoms with Crippen LogP contribution in [0.25, 0.3) is 0 Å². The number of esters is 3. The van der Waals surface area contributed by atoms with Gasteiger partial charge >= 0.3 is 11.9 Å². The van der Waals surface area contributed by atoms with Gasteiger partial charge in [0, 0.05) is 91.7 Å². The van der Waals surface area contributed by atoms with E-state index in [4.69, 9.17) is 25.2 Å². The first-order valence-corrected chi connectivity index (χ1v) is 10.0. The van der Waals surface area contributed by atoms with Crippen LogP contribution in [0.15, 0.2) is 24.3 Å². The molecule has 0 spiro atoms. The molecule has 12 heteroatoms. The normalized spacial score (nSPS) is 23.0. The van der Waals surface area contributed by atoms with Crippen molar-refractivity contribution in [2.75, 3.05) is 26.4 Å². The SMILES string of the molecule is O=C(O)C1[CH-]C=C[CH-]C1C(=O)OCCCO.O=C1OC(=O)C2[CH-]C=C[CH-]C12.OCCCO.[Y].[Y]. The number of aliphatic hydroxyl groups is 3. The topological polar surface area (TPSA) is 168 Å². The van der Waals surface area contributed by atoms with Crippen LogP contribution in [0, 0.1) is 49.4 Å². The van der Waals surface area contributed by atoms with E-state index in [0.717, 1.165) is 0 Å². The summed E-state index contributed by atoms with van der Waals surface area (Å²) in [6, 6.07) is 0. The Morgan fingerprint density at radius 2 is 1.24 bits per heavy atom. The fourth-order valence-electron chi connectivity index (χ4n) is 2.77. The Hall–Kier alpha value is -0.872. The van der Waals surface area contributed by atoms with Crippen molar-refractivity contribution in [1.82, 2.24) is 0 Å². The zero-order valence-electron chi connectivity index (χ0n) is 18.6. The Labute approximate surface area is 249 Å². The third-order valence-electron chi connectivity index (χ3n) is 4.44. The van der Waals surface area contributed by atoms with Gasteiger partial charge in [0.2, 0.25) is 0 Å². The molecule has 10 nitrogen and oxygen atoms in total. The molecule has 3 rings (SSSR count). The van der Waals surface area contributed by atoms with E-state index < -0.39 is 35.7 Å². The Bertz CT molecular complexity index is 669. The zero-order valence-corrected chi connectivity index (χ0v) is 24.2. The second-order valence-corrected chi connectivity index (χ2v) is 6.77. The van der Waals surface area contributed by atoms with Crippen LogP contribution in [-0.4, -0.2) is 70.7 Å². The molecule has 4 unspecified atom stereocenters. The molecule has 3 aliphatic rings. The maximum atomic E-state index is 11.5. The summed E-state index contributed by atoms with van der Waals surface area (Å²) in [4.78, 5) is 44.2. The number of carbonyl (C=O) groups excluding carboxylic acids is 3. The number of ether oxygens (including phenoxy) is 2. The molecule has 1 fully saturated rings. The molecule has 0 aromatic rings. The molecule has 0 saturated carbocycles. The summed E-state index contributed by atoms with van der Waals surface area (Å²) in [7, 11) is 0. The molecule has 0 amide bonds. The van der Waals surface area contributed by atoms with Gasteiger partial charge in [-0.05, 0) is 30.1 Å². The Kier molecular flexibility index (Phi) is 21.1. The van der Waals surface area contributed by atoms with Crippen LogP contribution in [0.4, 0.5) is 0 Å². The predicted molar refractivity (Wildman–Crippen MR) is 110 cm³/mol. The average Bonchev–Trinajstić information content (AvgIpc) is 3.09. The van der Waals surface area contributed by atoms with E-state index in [9.17, 15) is 19.2 Å². The summed E-state index contributed by atoms with van der Waals surface area (Å²) < 4.78 is 9.28. The van der Waals surface area contributed by atoms with Gasteiger partial charge in [-0.1, -0.05) is 0 Å². The molecule has 0 aromatic carbocycles. The van der Waals surface area contributed by atoms with E-state index in [0.29, 0.717) is 12.8 Å². The van der Waals surface area contributed by atoms with E-state index in [1.807, 2.05) is 0 Å². The van der Waals surface area contributed by atoms with Gasteiger partial charge in [0.05, 0.1) is 6.61 Å². The fourth-order valence-corrected chi connectivity index (χ4v) is 2.77. The number of aliphatic carboxylic acids is 1. The number of carboxylic acid groups (broad SMARTS) is 1. The summed E-state index contributed by atoms with van der Waals surface area (Å²) in [5.41, 5.74) is 0. The fraction of sp³-hybridized carbons (Fsp3) is 0.455. The molecular formula is C22H28O10Y2-4. The molecule has 4 atom stereocenters. The van der Waals surface area contributed by atoms with Crippen molar-refractivity contribution in [3.8, 4) is 0 Å². The molecular weight excluding hydrogens is 602 g/mol. The van der Waals surface area contributed by atoms with Crippen LogP contribution >= 0.6 is 0 Å². The van der Waals surface area contributed by atoms with Crippen LogP contribution in [0.3, 0.4) is 0 Å². The monoisotopic (exact) mass is 630 g/mol. The maximum Gasteiger partial charge on any atom is 0.301 e. The predicted octanol–water partition coefficient (Wildman–Crippen LogP) is -0.156. The van der Waals surface area contributed by atoms with Gasteiger partial charge in [-0.15, -0.1) is 0 Å².